The average molecular weight is 255 g/mol. The third-order valence-electron chi connectivity index (χ3n) is 2.20. The zero-order valence-corrected chi connectivity index (χ0v) is 9.30. The molecule has 1 atom stereocenters. The molecule has 0 amide bonds. The van der Waals surface area contributed by atoms with Crippen LogP contribution in [0, 0.1) is 0 Å². The molecule has 62 valence electrons. The van der Waals surface area contributed by atoms with Gasteiger partial charge in [0.2, 0.25) is 0 Å². The van der Waals surface area contributed by atoms with Gasteiger partial charge in [0.15, 0.2) is 0 Å². The summed E-state index contributed by atoms with van der Waals surface area (Å²) in [6.45, 7) is 7.24. The zero-order valence-electron chi connectivity index (χ0n) is 6.97. The number of rotatable bonds is 2. The molecule has 0 aromatic heterocycles. The van der Waals surface area contributed by atoms with Crippen LogP contribution in [0.1, 0.15) is 33.1 Å². The second-order valence-electron chi connectivity index (χ2n) is 3.03. The predicted octanol–water partition coefficient (Wildman–Crippen LogP) is 2.50. The largest absolute Gasteiger partial charge is 0.301 e. The number of hydrogen-bond donors (Lipinski definition) is 0. The molecule has 1 aliphatic heterocycles. The van der Waals surface area contributed by atoms with E-state index in [1.165, 1.54) is 32.4 Å². The fraction of sp³-hybridized carbons (Fsp3) is 1.00. The maximum Gasteiger partial charge on any atom is 0.00673 e. The molecule has 1 unspecified atom stereocenters. The van der Waals surface area contributed by atoms with Crippen molar-refractivity contribution in [2.45, 2.75) is 39.2 Å². The standard InChI is InChI=1S/C8H17N.HI/c1-3-6-9-7-4-5-8(9)2;/h8H,3-7H2,1-2H3;1H. The molecule has 1 heterocycles. The first kappa shape index (κ1) is 10.7. The van der Waals surface area contributed by atoms with E-state index >= 15 is 0 Å². The molecule has 1 nitrogen and oxygen atoms in total. The number of nitrogens with zero attached hydrogens (tertiary/aromatic N) is 1. The van der Waals surface area contributed by atoms with E-state index in [0.29, 0.717) is 0 Å². The van der Waals surface area contributed by atoms with Crippen LogP contribution in [-0.4, -0.2) is 24.0 Å². The summed E-state index contributed by atoms with van der Waals surface area (Å²) >= 11 is 0. The minimum absolute atomic E-state index is 0. The molecular weight excluding hydrogens is 237 g/mol. The van der Waals surface area contributed by atoms with Crippen LogP contribution in [0.2, 0.25) is 0 Å². The summed E-state index contributed by atoms with van der Waals surface area (Å²) in [6, 6.07) is 0.866. The van der Waals surface area contributed by atoms with E-state index in [0.717, 1.165) is 6.04 Å². The monoisotopic (exact) mass is 255 g/mol. The molecule has 0 radical (unpaired) electrons. The number of halogens is 1. The molecule has 0 aromatic carbocycles. The van der Waals surface area contributed by atoms with Gasteiger partial charge in [-0.05, 0) is 39.3 Å². The van der Waals surface area contributed by atoms with E-state index in [-0.39, 0.29) is 24.0 Å². The van der Waals surface area contributed by atoms with Crippen LogP contribution in [0.5, 0.6) is 0 Å². The number of hydrogen-bond acceptors (Lipinski definition) is 1. The summed E-state index contributed by atoms with van der Waals surface area (Å²) in [5.74, 6) is 0. The smallest absolute Gasteiger partial charge is 0.00673 e. The van der Waals surface area contributed by atoms with E-state index in [1.807, 2.05) is 0 Å². The molecule has 0 N–H and O–H groups in total. The van der Waals surface area contributed by atoms with E-state index in [4.69, 9.17) is 0 Å². The van der Waals surface area contributed by atoms with E-state index in [2.05, 4.69) is 18.7 Å². The highest BCUT2D eigenvalue weighted by Gasteiger charge is 2.17. The van der Waals surface area contributed by atoms with Gasteiger partial charge in [0.05, 0.1) is 0 Å². The fourth-order valence-electron chi connectivity index (χ4n) is 1.61. The van der Waals surface area contributed by atoms with Crippen LogP contribution in [-0.2, 0) is 0 Å². The summed E-state index contributed by atoms with van der Waals surface area (Å²) in [7, 11) is 0. The lowest BCUT2D eigenvalue weighted by molar-refractivity contribution is 0.269. The van der Waals surface area contributed by atoms with Crippen LogP contribution in [0.25, 0.3) is 0 Å². The summed E-state index contributed by atoms with van der Waals surface area (Å²) in [4.78, 5) is 2.58. The lowest BCUT2D eigenvalue weighted by Gasteiger charge is -2.19. The molecule has 1 aliphatic rings. The van der Waals surface area contributed by atoms with Crippen molar-refractivity contribution in [1.29, 1.82) is 0 Å². The van der Waals surface area contributed by atoms with Gasteiger partial charge in [-0.2, -0.15) is 0 Å². The summed E-state index contributed by atoms with van der Waals surface area (Å²) in [6.07, 6.45) is 4.14. The van der Waals surface area contributed by atoms with Crippen LogP contribution in [0.4, 0.5) is 0 Å². The van der Waals surface area contributed by atoms with Gasteiger partial charge in [-0.25, -0.2) is 0 Å². The maximum atomic E-state index is 2.58. The lowest BCUT2D eigenvalue weighted by atomic mass is 10.2. The molecule has 0 bridgehead atoms. The molecule has 0 aliphatic carbocycles. The van der Waals surface area contributed by atoms with Crippen molar-refractivity contribution >= 4 is 24.0 Å². The quantitative estimate of drug-likeness (QED) is 0.685. The topological polar surface area (TPSA) is 3.24 Å². The Hall–Kier alpha value is 0.690. The SMILES string of the molecule is CCCN1CCCC1C.I. The van der Waals surface area contributed by atoms with Crippen molar-refractivity contribution in [1.82, 2.24) is 4.90 Å². The van der Waals surface area contributed by atoms with Crippen molar-refractivity contribution in [3.63, 3.8) is 0 Å². The first-order valence-corrected chi connectivity index (χ1v) is 4.08. The highest BCUT2D eigenvalue weighted by molar-refractivity contribution is 14.0. The Bertz CT molecular complexity index is 85.3. The van der Waals surface area contributed by atoms with Gasteiger partial charge in [0, 0.05) is 6.04 Å². The molecule has 1 fully saturated rings. The van der Waals surface area contributed by atoms with Gasteiger partial charge in [0.25, 0.3) is 0 Å². The van der Waals surface area contributed by atoms with Crippen molar-refractivity contribution in [2.75, 3.05) is 13.1 Å². The molecule has 0 saturated carbocycles. The third kappa shape index (κ3) is 2.74. The molecule has 2 heteroatoms. The average Bonchev–Trinajstić information content (AvgIpc) is 2.18. The Morgan fingerprint density at radius 1 is 1.50 bits per heavy atom. The molecule has 0 aromatic rings. The maximum absolute atomic E-state index is 2.58. The van der Waals surface area contributed by atoms with Crippen molar-refractivity contribution in [2.24, 2.45) is 0 Å². The summed E-state index contributed by atoms with van der Waals surface area (Å²) in [5.41, 5.74) is 0. The zero-order chi connectivity index (χ0) is 6.69. The van der Waals surface area contributed by atoms with E-state index in [1.54, 1.807) is 0 Å². The van der Waals surface area contributed by atoms with Gasteiger partial charge < -0.3 is 4.90 Å². The van der Waals surface area contributed by atoms with Crippen LogP contribution in [0.15, 0.2) is 0 Å². The minimum atomic E-state index is 0. The Morgan fingerprint density at radius 2 is 2.20 bits per heavy atom. The second-order valence-corrected chi connectivity index (χ2v) is 3.03. The van der Waals surface area contributed by atoms with Crippen LogP contribution < -0.4 is 0 Å². The Balaban J connectivity index is 0.000000810. The van der Waals surface area contributed by atoms with Gasteiger partial charge in [-0.15, -0.1) is 24.0 Å². The molecular formula is C8H18IN. The van der Waals surface area contributed by atoms with E-state index in [9.17, 15) is 0 Å². The Kier molecular flexibility index (Phi) is 5.72. The highest BCUT2D eigenvalue weighted by Crippen LogP contribution is 2.15. The first-order chi connectivity index (χ1) is 4.34. The highest BCUT2D eigenvalue weighted by atomic mass is 127. The van der Waals surface area contributed by atoms with Gasteiger partial charge in [0.1, 0.15) is 0 Å². The third-order valence-corrected chi connectivity index (χ3v) is 2.20. The minimum Gasteiger partial charge on any atom is -0.301 e. The van der Waals surface area contributed by atoms with Gasteiger partial charge in [-0.1, -0.05) is 6.92 Å². The van der Waals surface area contributed by atoms with Crippen LogP contribution >= 0.6 is 24.0 Å². The normalized spacial score (nSPS) is 26.4. The first-order valence-electron chi connectivity index (χ1n) is 4.08. The predicted molar refractivity (Wildman–Crippen MR) is 56.0 cm³/mol. The van der Waals surface area contributed by atoms with Crippen molar-refractivity contribution in [3.05, 3.63) is 0 Å². The van der Waals surface area contributed by atoms with Crippen molar-refractivity contribution < 1.29 is 0 Å². The van der Waals surface area contributed by atoms with Crippen molar-refractivity contribution in [3.8, 4) is 0 Å². The number of likely N-dealkylation sites (tertiary alicyclic amines) is 1. The van der Waals surface area contributed by atoms with Crippen LogP contribution in [0.3, 0.4) is 0 Å². The lowest BCUT2D eigenvalue weighted by Crippen LogP contribution is -2.27. The molecule has 0 spiro atoms. The summed E-state index contributed by atoms with van der Waals surface area (Å²) < 4.78 is 0. The second kappa shape index (κ2) is 5.35. The summed E-state index contributed by atoms with van der Waals surface area (Å²) in [5, 5.41) is 0. The molecule has 1 saturated heterocycles. The van der Waals surface area contributed by atoms with E-state index < -0.39 is 0 Å². The molecule has 1 rings (SSSR count). The Labute approximate surface area is 81.2 Å². The molecule has 10 heavy (non-hydrogen) atoms. The Morgan fingerprint density at radius 3 is 2.60 bits per heavy atom. The fourth-order valence-corrected chi connectivity index (χ4v) is 1.61. The van der Waals surface area contributed by atoms with Gasteiger partial charge >= 0.3 is 0 Å². The van der Waals surface area contributed by atoms with Gasteiger partial charge in [-0.3, -0.25) is 0 Å².